The highest BCUT2D eigenvalue weighted by atomic mass is 28.4. The van der Waals surface area contributed by atoms with Crippen LogP contribution in [0.2, 0.25) is 18.1 Å². The fourth-order valence-corrected chi connectivity index (χ4v) is 4.63. The summed E-state index contributed by atoms with van der Waals surface area (Å²) in [6.07, 6.45) is 3.39. The van der Waals surface area contributed by atoms with E-state index in [1.807, 2.05) is 18.2 Å². The Morgan fingerprint density at radius 3 is 2.45 bits per heavy atom. The van der Waals surface area contributed by atoms with Crippen LogP contribution in [0.15, 0.2) is 42.5 Å². The summed E-state index contributed by atoms with van der Waals surface area (Å²) in [5.74, 6) is 0.982. The molecular weight excluding hydrogens is 376 g/mol. The fraction of sp³-hybridized carbons (Fsp3) is 0.520. The van der Waals surface area contributed by atoms with Gasteiger partial charge in [-0.3, -0.25) is 0 Å². The summed E-state index contributed by atoms with van der Waals surface area (Å²) in [5, 5.41) is 10.9. The molecule has 1 N–H and O–H groups in total. The molecule has 0 bridgehead atoms. The lowest BCUT2D eigenvalue weighted by Crippen LogP contribution is -2.42. The minimum absolute atomic E-state index is 0.143. The Bertz CT molecular complexity index is 809. The molecule has 1 aliphatic rings. The second kappa shape index (κ2) is 9.03. The molecule has 0 fully saturated rings. The minimum atomic E-state index is -1.87. The molecule has 0 amide bonds. The summed E-state index contributed by atoms with van der Waals surface area (Å²) in [7, 11) is -1.87. The van der Waals surface area contributed by atoms with E-state index < -0.39 is 14.4 Å². The SMILES string of the molecule is CC(C)(C)[Si](C)(C)OCC(O)Cc1ccc2c(c1OCc1ccccc1)CCC2. The first-order chi connectivity index (χ1) is 13.7. The number of benzene rings is 2. The molecule has 4 heteroatoms. The summed E-state index contributed by atoms with van der Waals surface area (Å²) >= 11 is 0. The standard InChI is InChI=1S/C25H36O3Si/c1-25(2,3)29(4,5)28-18-22(26)16-21-15-14-20-12-9-13-23(20)24(21)27-17-19-10-7-6-8-11-19/h6-8,10-11,14-15,22,26H,9,12-13,16-18H2,1-5H3. The summed E-state index contributed by atoms with van der Waals surface area (Å²) in [6, 6.07) is 14.6. The lowest BCUT2D eigenvalue weighted by molar-refractivity contribution is 0.0992. The average Bonchev–Trinajstić information content (AvgIpc) is 3.14. The Hall–Kier alpha value is -1.62. The highest BCUT2D eigenvalue weighted by molar-refractivity contribution is 6.74. The maximum absolute atomic E-state index is 10.7. The topological polar surface area (TPSA) is 38.7 Å². The van der Waals surface area contributed by atoms with Crippen molar-refractivity contribution in [3.8, 4) is 5.75 Å². The summed E-state index contributed by atoms with van der Waals surface area (Å²) in [6.45, 7) is 12.1. The molecule has 1 aliphatic carbocycles. The highest BCUT2D eigenvalue weighted by Gasteiger charge is 2.37. The molecular formula is C25H36O3Si. The Morgan fingerprint density at radius 1 is 1.03 bits per heavy atom. The summed E-state index contributed by atoms with van der Waals surface area (Å²) in [5.41, 5.74) is 4.98. The highest BCUT2D eigenvalue weighted by Crippen LogP contribution is 2.37. The molecule has 0 heterocycles. The molecule has 0 radical (unpaired) electrons. The third-order valence-corrected chi connectivity index (χ3v) is 10.9. The van der Waals surface area contributed by atoms with Crippen molar-refractivity contribution in [1.29, 1.82) is 0 Å². The molecule has 0 aliphatic heterocycles. The van der Waals surface area contributed by atoms with Crippen molar-refractivity contribution in [3.05, 3.63) is 64.7 Å². The van der Waals surface area contributed by atoms with Gasteiger partial charge in [-0.2, -0.15) is 0 Å². The monoisotopic (exact) mass is 412 g/mol. The van der Waals surface area contributed by atoms with Gasteiger partial charge in [-0.15, -0.1) is 0 Å². The molecule has 1 atom stereocenters. The van der Waals surface area contributed by atoms with Crippen molar-refractivity contribution in [3.63, 3.8) is 0 Å². The van der Waals surface area contributed by atoms with E-state index >= 15 is 0 Å². The van der Waals surface area contributed by atoms with Crippen LogP contribution >= 0.6 is 0 Å². The third-order valence-electron chi connectivity index (χ3n) is 6.44. The van der Waals surface area contributed by atoms with Gasteiger partial charge in [0.05, 0.1) is 12.7 Å². The second-order valence-electron chi connectivity index (χ2n) is 9.75. The van der Waals surface area contributed by atoms with Gasteiger partial charge < -0.3 is 14.3 Å². The van der Waals surface area contributed by atoms with Crippen molar-refractivity contribution in [2.45, 2.75) is 77.3 Å². The molecule has 3 rings (SSSR count). The van der Waals surface area contributed by atoms with E-state index in [-0.39, 0.29) is 5.04 Å². The summed E-state index contributed by atoms with van der Waals surface area (Å²) < 4.78 is 12.6. The van der Waals surface area contributed by atoms with Crippen molar-refractivity contribution in [2.75, 3.05) is 6.61 Å². The van der Waals surface area contributed by atoms with Gasteiger partial charge >= 0.3 is 0 Å². The predicted octanol–water partition coefficient (Wildman–Crippen LogP) is 5.68. The van der Waals surface area contributed by atoms with Crippen LogP contribution in [-0.4, -0.2) is 26.1 Å². The number of ether oxygens (including phenoxy) is 1. The number of rotatable bonds is 8. The van der Waals surface area contributed by atoms with Crippen LogP contribution in [0.5, 0.6) is 5.75 Å². The van der Waals surface area contributed by atoms with Gasteiger partial charge in [0.25, 0.3) is 0 Å². The lowest BCUT2D eigenvalue weighted by Gasteiger charge is -2.36. The largest absolute Gasteiger partial charge is 0.488 e. The second-order valence-corrected chi connectivity index (χ2v) is 14.6. The van der Waals surface area contributed by atoms with Gasteiger partial charge in [0.15, 0.2) is 8.32 Å². The number of hydrogen-bond acceptors (Lipinski definition) is 3. The molecule has 1 unspecified atom stereocenters. The van der Waals surface area contributed by atoms with E-state index in [4.69, 9.17) is 9.16 Å². The predicted molar refractivity (Wildman–Crippen MR) is 122 cm³/mol. The maximum atomic E-state index is 10.7. The van der Waals surface area contributed by atoms with E-state index in [2.05, 4.69) is 58.1 Å². The van der Waals surface area contributed by atoms with Crippen LogP contribution in [-0.2, 0) is 30.3 Å². The van der Waals surface area contributed by atoms with Crippen LogP contribution in [0.3, 0.4) is 0 Å². The van der Waals surface area contributed by atoms with Crippen molar-refractivity contribution in [1.82, 2.24) is 0 Å². The first-order valence-electron chi connectivity index (χ1n) is 10.8. The van der Waals surface area contributed by atoms with Crippen molar-refractivity contribution >= 4 is 8.32 Å². The molecule has 29 heavy (non-hydrogen) atoms. The van der Waals surface area contributed by atoms with Gasteiger partial charge in [-0.1, -0.05) is 63.2 Å². The Labute approximate surface area is 177 Å². The first-order valence-corrected chi connectivity index (χ1v) is 13.7. The Kier molecular flexibility index (Phi) is 6.87. The molecule has 2 aromatic rings. The average molecular weight is 413 g/mol. The third kappa shape index (κ3) is 5.50. The first kappa shape index (κ1) is 22.1. The summed E-state index contributed by atoms with van der Waals surface area (Å²) in [4.78, 5) is 0. The van der Waals surface area contributed by atoms with Gasteiger partial charge in [-0.25, -0.2) is 0 Å². The van der Waals surface area contributed by atoms with Crippen LogP contribution in [0.1, 0.15) is 49.4 Å². The van der Waals surface area contributed by atoms with Gasteiger partial charge in [-0.05, 0) is 59.6 Å². The number of aliphatic hydroxyl groups is 1. The van der Waals surface area contributed by atoms with Gasteiger partial charge in [0.2, 0.25) is 0 Å². The number of aryl methyl sites for hydroxylation is 1. The lowest BCUT2D eigenvalue weighted by atomic mass is 10.00. The Morgan fingerprint density at radius 2 is 1.76 bits per heavy atom. The van der Waals surface area contributed by atoms with Crippen LogP contribution in [0, 0.1) is 0 Å². The van der Waals surface area contributed by atoms with E-state index in [1.165, 1.54) is 17.5 Å². The van der Waals surface area contributed by atoms with E-state index in [0.717, 1.165) is 29.7 Å². The quantitative estimate of drug-likeness (QED) is 0.567. The van der Waals surface area contributed by atoms with E-state index in [9.17, 15) is 5.11 Å². The van der Waals surface area contributed by atoms with Crippen LogP contribution in [0.4, 0.5) is 0 Å². The van der Waals surface area contributed by atoms with Crippen molar-refractivity contribution in [2.24, 2.45) is 0 Å². The van der Waals surface area contributed by atoms with Gasteiger partial charge in [0, 0.05) is 6.42 Å². The molecule has 158 valence electrons. The minimum Gasteiger partial charge on any atom is -0.488 e. The molecule has 3 nitrogen and oxygen atoms in total. The van der Waals surface area contributed by atoms with E-state index in [0.29, 0.717) is 19.6 Å². The zero-order valence-corrected chi connectivity index (χ0v) is 19.6. The molecule has 2 aromatic carbocycles. The van der Waals surface area contributed by atoms with Crippen LogP contribution < -0.4 is 4.74 Å². The molecule has 0 aromatic heterocycles. The van der Waals surface area contributed by atoms with Crippen LogP contribution in [0.25, 0.3) is 0 Å². The Balaban J connectivity index is 1.71. The number of fused-ring (bicyclic) bond motifs is 1. The zero-order valence-electron chi connectivity index (χ0n) is 18.6. The van der Waals surface area contributed by atoms with E-state index in [1.54, 1.807) is 0 Å². The number of aliphatic hydroxyl groups excluding tert-OH is 1. The normalized spacial score (nSPS) is 15.2. The molecule has 0 spiro atoms. The molecule has 0 saturated carbocycles. The fourth-order valence-electron chi connectivity index (χ4n) is 3.59. The zero-order chi connectivity index (χ0) is 21.1. The maximum Gasteiger partial charge on any atom is 0.192 e. The smallest absolute Gasteiger partial charge is 0.192 e. The van der Waals surface area contributed by atoms with Crippen molar-refractivity contribution < 1.29 is 14.3 Å². The molecule has 0 saturated heterocycles. The number of hydrogen-bond donors (Lipinski definition) is 1. The van der Waals surface area contributed by atoms with Gasteiger partial charge in [0.1, 0.15) is 12.4 Å².